The molecule has 0 spiro atoms. The van der Waals surface area contributed by atoms with Crippen LogP contribution >= 0.6 is 0 Å². The number of aliphatic imine (C=N–C) groups is 1. The van der Waals surface area contributed by atoms with Crippen LogP contribution in [0.3, 0.4) is 0 Å². The number of benzene rings is 1. The van der Waals surface area contributed by atoms with Gasteiger partial charge < -0.3 is 10.2 Å². The SMILES string of the molecule is C=C(/C=C(\C)CN(CC)CCC)/C(=C\C=NC)C1C=CC(NC)NN1C.CC.CC.Cc1ccc(C(=O)N(C)C)cc1C. The zero-order valence-corrected chi connectivity index (χ0v) is 30.0. The van der Waals surface area contributed by atoms with Gasteiger partial charge in [0, 0.05) is 46.5 Å². The average molecular weight is 597 g/mol. The number of nitrogens with one attached hydrogen (secondary N) is 2. The van der Waals surface area contributed by atoms with Crippen molar-refractivity contribution in [3.63, 3.8) is 0 Å². The van der Waals surface area contributed by atoms with Crippen molar-refractivity contribution in [3.05, 3.63) is 82.5 Å². The molecule has 0 aliphatic carbocycles. The number of nitrogens with zero attached hydrogens (tertiary/aromatic N) is 4. The quantitative estimate of drug-likeness (QED) is 0.167. The Morgan fingerprint density at radius 3 is 2.21 bits per heavy atom. The maximum atomic E-state index is 11.5. The van der Waals surface area contributed by atoms with Crippen LogP contribution in [0.5, 0.6) is 0 Å². The van der Waals surface area contributed by atoms with Gasteiger partial charge in [0.1, 0.15) is 0 Å². The second kappa shape index (κ2) is 24.6. The molecule has 0 saturated heterocycles. The van der Waals surface area contributed by atoms with Crippen molar-refractivity contribution in [2.45, 2.75) is 80.9 Å². The first-order chi connectivity index (χ1) is 20.5. The van der Waals surface area contributed by atoms with Gasteiger partial charge in [-0.2, -0.15) is 0 Å². The lowest BCUT2D eigenvalue weighted by atomic mass is 9.95. The average Bonchev–Trinajstić information content (AvgIpc) is 3.00. The molecule has 1 heterocycles. The van der Waals surface area contributed by atoms with Gasteiger partial charge in [-0.25, -0.2) is 10.4 Å². The van der Waals surface area contributed by atoms with Crippen molar-refractivity contribution in [2.75, 3.05) is 54.9 Å². The molecular formula is C36H64N6O. The highest BCUT2D eigenvalue weighted by atomic mass is 16.2. The van der Waals surface area contributed by atoms with Crippen LogP contribution in [0.15, 0.2) is 70.8 Å². The van der Waals surface area contributed by atoms with Gasteiger partial charge in [0.15, 0.2) is 0 Å². The van der Waals surface area contributed by atoms with Gasteiger partial charge in [-0.05, 0) is 87.8 Å². The number of carbonyl (C=O) groups is 1. The Hall–Kier alpha value is -2.84. The Balaban J connectivity index is 0. The first kappa shape index (κ1) is 42.3. The summed E-state index contributed by atoms with van der Waals surface area (Å²) in [6, 6.07) is 5.89. The number of aryl methyl sites for hydroxylation is 2. The highest BCUT2D eigenvalue weighted by Gasteiger charge is 2.23. The number of hydrogen-bond donors (Lipinski definition) is 2. The van der Waals surface area contributed by atoms with E-state index in [0.29, 0.717) is 0 Å². The van der Waals surface area contributed by atoms with E-state index < -0.39 is 0 Å². The molecule has 0 radical (unpaired) electrons. The fourth-order valence-electron chi connectivity index (χ4n) is 4.29. The number of amides is 1. The zero-order chi connectivity index (χ0) is 33.5. The third-order valence-electron chi connectivity index (χ3n) is 6.69. The van der Waals surface area contributed by atoms with Crippen molar-refractivity contribution < 1.29 is 4.79 Å². The van der Waals surface area contributed by atoms with Crippen molar-refractivity contribution in [2.24, 2.45) is 4.99 Å². The Morgan fingerprint density at radius 1 is 1.12 bits per heavy atom. The zero-order valence-electron chi connectivity index (χ0n) is 30.0. The first-order valence-electron chi connectivity index (χ1n) is 15.8. The van der Waals surface area contributed by atoms with Crippen LogP contribution in [-0.2, 0) is 0 Å². The molecule has 2 atom stereocenters. The molecule has 7 heteroatoms. The molecule has 1 aromatic rings. The number of allylic oxidation sites excluding steroid dienone is 2. The van der Waals surface area contributed by atoms with E-state index in [9.17, 15) is 4.79 Å². The summed E-state index contributed by atoms with van der Waals surface area (Å²) in [4.78, 5) is 19.7. The molecule has 1 aromatic carbocycles. The van der Waals surface area contributed by atoms with E-state index in [1.54, 1.807) is 26.0 Å². The topological polar surface area (TPSA) is 63.2 Å². The molecule has 2 rings (SSSR count). The highest BCUT2D eigenvalue weighted by Crippen LogP contribution is 2.22. The standard InChI is InChI=1S/C21H37N5.C11H15NO.2C2H6/c1-8-14-26(9-2)16-17(3)15-18(4)19(12-13-22-5)20-10-11-21(23-6)24-25(20)7;1-8-5-6-10(7-9(8)2)11(13)12(3)4;2*1-2/h10-13,15,20-21,23-24H,4,8-9,14,16H2,1-3,5-7H3;5-7H,1-4H3;2*1-2H3/b17-15+,19-12+,22-13?;;;. The maximum absolute atomic E-state index is 11.5. The molecule has 7 nitrogen and oxygen atoms in total. The molecule has 1 aliphatic rings. The largest absolute Gasteiger partial charge is 0.345 e. The highest BCUT2D eigenvalue weighted by molar-refractivity contribution is 5.94. The number of carbonyl (C=O) groups excluding carboxylic acids is 1. The minimum absolute atomic E-state index is 0.0584. The first-order valence-corrected chi connectivity index (χ1v) is 15.8. The molecule has 0 bridgehead atoms. The van der Waals surface area contributed by atoms with E-state index >= 15 is 0 Å². The Kier molecular flexibility index (Phi) is 24.2. The molecule has 2 N–H and O–H groups in total. The fraction of sp³-hybridized carbons (Fsp3) is 0.556. The third kappa shape index (κ3) is 16.0. The van der Waals surface area contributed by atoms with Crippen molar-refractivity contribution in [3.8, 4) is 0 Å². The number of hydrogen-bond acceptors (Lipinski definition) is 6. The predicted molar refractivity (Wildman–Crippen MR) is 191 cm³/mol. The second-order valence-electron chi connectivity index (χ2n) is 10.2. The van der Waals surface area contributed by atoms with Crippen molar-refractivity contribution in [1.82, 2.24) is 25.6 Å². The maximum Gasteiger partial charge on any atom is 0.253 e. The van der Waals surface area contributed by atoms with Crippen LogP contribution in [0.2, 0.25) is 0 Å². The summed E-state index contributed by atoms with van der Waals surface area (Å²) in [5, 5.41) is 5.32. The Labute approximate surface area is 265 Å². The van der Waals surface area contributed by atoms with E-state index in [4.69, 9.17) is 0 Å². The van der Waals surface area contributed by atoms with Crippen LogP contribution in [-0.4, -0.2) is 94.0 Å². The lowest BCUT2D eigenvalue weighted by molar-refractivity contribution is 0.0827. The summed E-state index contributed by atoms with van der Waals surface area (Å²) in [6.45, 7) is 26.2. The van der Waals surface area contributed by atoms with Crippen LogP contribution < -0.4 is 10.7 Å². The van der Waals surface area contributed by atoms with Crippen molar-refractivity contribution >= 4 is 12.1 Å². The number of rotatable bonds is 11. The number of likely N-dealkylation sites (N-methyl/N-ethyl adjacent to an activating group) is 3. The van der Waals surface area contributed by atoms with Gasteiger partial charge in [-0.3, -0.25) is 14.7 Å². The van der Waals surface area contributed by atoms with Gasteiger partial charge in [0.25, 0.3) is 5.91 Å². The summed E-state index contributed by atoms with van der Waals surface area (Å²) in [5.74, 6) is 0.0584. The molecular weight excluding hydrogens is 532 g/mol. The number of hydrazine groups is 1. The van der Waals surface area contributed by atoms with Gasteiger partial charge in [0.05, 0.1) is 12.2 Å². The molecule has 2 unspecified atom stereocenters. The van der Waals surface area contributed by atoms with E-state index in [1.165, 1.54) is 17.6 Å². The fourth-order valence-corrected chi connectivity index (χ4v) is 4.29. The van der Waals surface area contributed by atoms with Gasteiger partial charge in [-0.15, -0.1) is 0 Å². The third-order valence-corrected chi connectivity index (χ3v) is 6.69. The van der Waals surface area contributed by atoms with Gasteiger partial charge in [0.2, 0.25) is 0 Å². The summed E-state index contributed by atoms with van der Waals surface area (Å²) in [5.41, 5.74) is 10.1. The summed E-state index contributed by atoms with van der Waals surface area (Å²) >= 11 is 0. The summed E-state index contributed by atoms with van der Waals surface area (Å²) in [6.07, 6.45) is 11.8. The molecule has 0 saturated carbocycles. The van der Waals surface area contributed by atoms with Crippen LogP contribution in [0.25, 0.3) is 0 Å². The molecule has 244 valence electrons. The molecule has 43 heavy (non-hydrogen) atoms. The summed E-state index contributed by atoms with van der Waals surface area (Å²) < 4.78 is 0. The monoisotopic (exact) mass is 597 g/mol. The van der Waals surface area contributed by atoms with Crippen LogP contribution in [0.4, 0.5) is 0 Å². The van der Waals surface area contributed by atoms with E-state index in [2.05, 4.69) is 84.3 Å². The minimum atomic E-state index is 0.0584. The van der Waals surface area contributed by atoms with Crippen LogP contribution in [0, 0.1) is 13.8 Å². The Bertz CT molecular complexity index is 1050. The van der Waals surface area contributed by atoms with E-state index in [1.807, 2.05) is 73.0 Å². The van der Waals surface area contributed by atoms with Crippen molar-refractivity contribution in [1.29, 1.82) is 0 Å². The van der Waals surface area contributed by atoms with E-state index in [0.717, 1.165) is 41.9 Å². The lowest BCUT2D eigenvalue weighted by Crippen LogP contribution is -2.54. The summed E-state index contributed by atoms with van der Waals surface area (Å²) in [7, 11) is 9.31. The predicted octanol–water partition coefficient (Wildman–Crippen LogP) is 6.83. The Morgan fingerprint density at radius 2 is 1.74 bits per heavy atom. The normalized spacial score (nSPS) is 16.9. The molecule has 1 aliphatic heterocycles. The molecule has 1 amide bonds. The minimum Gasteiger partial charge on any atom is -0.345 e. The molecule has 0 aromatic heterocycles. The lowest BCUT2D eigenvalue weighted by Gasteiger charge is -2.35. The van der Waals surface area contributed by atoms with Gasteiger partial charge >= 0.3 is 0 Å². The molecule has 0 fully saturated rings. The van der Waals surface area contributed by atoms with Crippen LogP contribution in [0.1, 0.15) is 76.4 Å². The smallest absolute Gasteiger partial charge is 0.253 e. The van der Waals surface area contributed by atoms with Gasteiger partial charge in [-0.1, -0.05) is 78.0 Å². The second-order valence-corrected chi connectivity index (χ2v) is 10.2. The van der Waals surface area contributed by atoms with E-state index in [-0.39, 0.29) is 18.1 Å².